The second-order valence-electron chi connectivity index (χ2n) is 6.40. The van der Waals surface area contributed by atoms with Crippen LogP contribution in [0.5, 0.6) is 0 Å². The first-order valence-corrected chi connectivity index (χ1v) is 9.55. The molecule has 0 aliphatic carbocycles. The first-order valence-electron chi connectivity index (χ1n) is 9.14. The van der Waals surface area contributed by atoms with Gasteiger partial charge < -0.3 is 9.73 Å². The molecule has 0 atom stereocenters. The summed E-state index contributed by atoms with van der Waals surface area (Å²) in [5.41, 5.74) is 4.63. The molecular formula is C22H18N4O2S. The molecule has 4 rings (SSSR count). The normalized spacial score (nSPS) is 10.7. The molecule has 1 amide bonds. The Kier molecular flexibility index (Phi) is 5.31. The van der Waals surface area contributed by atoms with Gasteiger partial charge in [-0.15, -0.1) is 0 Å². The fourth-order valence-corrected chi connectivity index (χ4v) is 3.06. The number of carbonyl (C=O) groups excluding carboxylic acids is 1. The molecular weight excluding hydrogens is 384 g/mol. The van der Waals surface area contributed by atoms with E-state index >= 15 is 0 Å². The topological polar surface area (TPSA) is 80.0 Å². The summed E-state index contributed by atoms with van der Waals surface area (Å²) in [6.07, 6.45) is 4.30. The van der Waals surface area contributed by atoms with Gasteiger partial charge in [-0.1, -0.05) is 19.1 Å². The van der Waals surface area contributed by atoms with Crippen LogP contribution in [0.1, 0.15) is 22.8 Å². The van der Waals surface area contributed by atoms with Crippen LogP contribution in [0.3, 0.4) is 0 Å². The molecule has 0 bridgehead atoms. The molecule has 0 unspecified atom stereocenters. The van der Waals surface area contributed by atoms with Crippen LogP contribution in [0.25, 0.3) is 22.6 Å². The first-order chi connectivity index (χ1) is 14.1. The van der Waals surface area contributed by atoms with Gasteiger partial charge in [-0.2, -0.15) is 0 Å². The van der Waals surface area contributed by atoms with E-state index < -0.39 is 0 Å². The van der Waals surface area contributed by atoms with E-state index in [0.29, 0.717) is 28.2 Å². The van der Waals surface area contributed by atoms with Crippen LogP contribution in [-0.4, -0.2) is 21.0 Å². The number of anilines is 1. The standard InChI is InChI=1S/C22H18N4O2S/c1-2-14-3-5-15(6-4-14)20(27)26-22(29)24-17-7-8-19-18(13-17)25-21(28-19)16-9-11-23-12-10-16/h3-13H,2H2,1H3,(H2,24,26,27,29). The van der Waals surface area contributed by atoms with Gasteiger partial charge in [0.25, 0.3) is 5.91 Å². The molecule has 2 heterocycles. The van der Waals surface area contributed by atoms with Crippen LogP contribution < -0.4 is 10.6 Å². The number of fused-ring (bicyclic) bond motifs is 1. The van der Waals surface area contributed by atoms with E-state index in [-0.39, 0.29) is 11.0 Å². The van der Waals surface area contributed by atoms with Crippen molar-refractivity contribution in [2.24, 2.45) is 0 Å². The molecule has 0 radical (unpaired) electrons. The lowest BCUT2D eigenvalue weighted by atomic mass is 10.1. The molecule has 2 aromatic heterocycles. The molecule has 0 spiro atoms. The molecule has 0 aliphatic rings. The molecule has 7 heteroatoms. The van der Waals surface area contributed by atoms with Crippen molar-refractivity contribution in [3.05, 3.63) is 78.1 Å². The van der Waals surface area contributed by atoms with Gasteiger partial charge in [-0.05, 0) is 66.7 Å². The third-order valence-electron chi connectivity index (χ3n) is 4.42. The number of aromatic nitrogens is 2. The Morgan fingerprint density at radius 1 is 1.07 bits per heavy atom. The molecule has 0 aliphatic heterocycles. The number of nitrogens with one attached hydrogen (secondary N) is 2. The summed E-state index contributed by atoms with van der Waals surface area (Å²) in [7, 11) is 0. The lowest BCUT2D eigenvalue weighted by molar-refractivity contribution is 0.0977. The highest BCUT2D eigenvalue weighted by atomic mass is 32.1. The van der Waals surface area contributed by atoms with Gasteiger partial charge in [-0.3, -0.25) is 15.1 Å². The maximum Gasteiger partial charge on any atom is 0.257 e. The third kappa shape index (κ3) is 4.30. The quantitative estimate of drug-likeness (QED) is 0.487. The zero-order valence-corrected chi connectivity index (χ0v) is 16.5. The van der Waals surface area contributed by atoms with Gasteiger partial charge in [0, 0.05) is 29.2 Å². The molecule has 0 fully saturated rings. The number of carbonyl (C=O) groups is 1. The summed E-state index contributed by atoms with van der Waals surface area (Å²) in [4.78, 5) is 20.9. The van der Waals surface area contributed by atoms with Gasteiger partial charge >= 0.3 is 0 Å². The lowest BCUT2D eigenvalue weighted by Gasteiger charge is -2.09. The predicted octanol–water partition coefficient (Wildman–Crippen LogP) is 4.58. The van der Waals surface area contributed by atoms with Crippen molar-refractivity contribution >= 4 is 40.0 Å². The molecule has 6 nitrogen and oxygen atoms in total. The van der Waals surface area contributed by atoms with E-state index in [2.05, 4.69) is 27.5 Å². The smallest absolute Gasteiger partial charge is 0.257 e. The van der Waals surface area contributed by atoms with E-state index in [1.807, 2.05) is 42.5 Å². The Morgan fingerprint density at radius 3 is 2.55 bits per heavy atom. The molecule has 144 valence electrons. The highest BCUT2D eigenvalue weighted by Crippen LogP contribution is 2.25. The minimum absolute atomic E-state index is 0.215. The van der Waals surface area contributed by atoms with E-state index in [1.54, 1.807) is 24.5 Å². The highest BCUT2D eigenvalue weighted by Gasteiger charge is 2.11. The Balaban J connectivity index is 1.45. The minimum Gasteiger partial charge on any atom is -0.436 e. The fourth-order valence-electron chi connectivity index (χ4n) is 2.85. The number of hydrogen-bond acceptors (Lipinski definition) is 5. The Morgan fingerprint density at radius 2 is 1.83 bits per heavy atom. The zero-order valence-electron chi connectivity index (χ0n) is 15.7. The van der Waals surface area contributed by atoms with Crippen molar-refractivity contribution in [2.45, 2.75) is 13.3 Å². The molecule has 2 aromatic carbocycles. The Bertz CT molecular complexity index is 1170. The van der Waals surface area contributed by atoms with Crippen molar-refractivity contribution in [1.82, 2.24) is 15.3 Å². The van der Waals surface area contributed by atoms with Crippen molar-refractivity contribution in [1.29, 1.82) is 0 Å². The highest BCUT2D eigenvalue weighted by molar-refractivity contribution is 7.80. The van der Waals surface area contributed by atoms with Crippen LogP contribution in [-0.2, 0) is 6.42 Å². The Labute approximate surface area is 173 Å². The number of hydrogen-bond donors (Lipinski definition) is 2. The predicted molar refractivity (Wildman–Crippen MR) is 117 cm³/mol. The number of thiocarbonyl (C=S) groups is 1. The summed E-state index contributed by atoms with van der Waals surface area (Å²) < 4.78 is 5.79. The van der Waals surface area contributed by atoms with Crippen LogP contribution in [0.4, 0.5) is 5.69 Å². The summed E-state index contributed by atoms with van der Waals surface area (Å²) in [6, 6.07) is 16.6. The monoisotopic (exact) mass is 402 g/mol. The van der Waals surface area contributed by atoms with Crippen LogP contribution >= 0.6 is 12.2 Å². The Hall–Kier alpha value is -3.58. The molecule has 4 aromatic rings. The SMILES string of the molecule is CCc1ccc(C(=O)NC(=S)Nc2ccc3oc(-c4ccncc4)nc3c2)cc1. The number of benzene rings is 2. The summed E-state index contributed by atoms with van der Waals surface area (Å²) in [5, 5.41) is 5.92. The fraction of sp³-hybridized carbons (Fsp3) is 0.0909. The van der Waals surface area contributed by atoms with Gasteiger partial charge in [0.2, 0.25) is 5.89 Å². The number of amides is 1. The average molecular weight is 402 g/mol. The summed E-state index contributed by atoms with van der Waals surface area (Å²) >= 11 is 5.27. The van der Waals surface area contributed by atoms with E-state index in [4.69, 9.17) is 16.6 Å². The minimum atomic E-state index is -0.257. The number of nitrogens with zero attached hydrogens (tertiary/aromatic N) is 2. The maximum absolute atomic E-state index is 12.3. The summed E-state index contributed by atoms with van der Waals surface area (Å²) in [6.45, 7) is 2.07. The second kappa shape index (κ2) is 8.20. The molecule has 29 heavy (non-hydrogen) atoms. The largest absolute Gasteiger partial charge is 0.436 e. The van der Waals surface area contributed by atoms with Crippen molar-refractivity contribution in [3.63, 3.8) is 0 Å². The number of oxazole rings is 1. The molecule has 0 saturated heterocycles. The third-order valence-corrected chi connectivity index (χ3v) is 4.63. The lowest BCUT2D eigenvalue weighted by Crippen LogP contribution is -2.34. The van der Waals surface area contributed by atoms with Crippen LogP contribution in [0.2, 0.25) is 0 Å². The molecule has 0 saturated carbocycles. The van der Waals surface area contributed by atoms with Crippen molar-refractivity contribution in [3.8, 4) is 11.5 Å². The maximum atomic E-state index is 12.3. The van der Waals surface area contributed by atoms with Crippen LogP contribution in [0.15, 0.2) is 71.4 Å². The average Bonchev–Trinajstić information content (AvgIpc) is 3.18. The number of rotatable bonds is 4. The number of pyridine rings is 1. The van der Waals surface area contributed by atoms with Gasteiger partial charge in [0.1, 0.15) is 5.52 Å². The van der Waals surface area contributed by atoms with Gasteiger partial charge in [0.05, 0.1) is 0 Å². The summed E-state index contributed by atoms with van der Waals surface area (Å²) in [5.74, 6) is 0.263. The van der Waals surface area contributed by atoms with E-state index in [1.165, 1.54) is 5.56 Å². The van der Waals surface area contributed by atoms with E-state index in [0.717, 1.165) is 12.0 Å². The molecule has 2 N–H and O–H groups in total. The second-order valence-corrected chi connectivity index (χ2v) is 6.80. The van der Waals surface area contributed by atoms with Crippen LogP contribution in [0, 0.1) is 0 Å². The van der Waals surface area contributed by atoms with Gasteiger partial charge in [-0.25, -0.2) is 4.98 Å². The zero-order chi connectivity index (χ0) is 20.2. The van der Waals surface area contributed by atoms with Crippen molar-refractivity contribution in [2.75, 3.05) is 5.32 Å². The number of aryl methyl sites for hydroxylation is 1. The van der Waals surface area contributed by atoms with E-state index in [9.17, 15) is 4.79 Å². The van der Waals surface area contributed by atoms with Gasteiger partial charge in [0.15, 0.2) is 10.7 Å². The van der Waals surface area contributed by atoms with Crippen molar-refractivity contribution < 1.29 is 9.21 Å². The first kappa shape index (κ1) is 18.8.